The first-order valence-corrected chi connectivity index (χ1v) is 10.5. The molecule has 2 aromatic carbocycles. The lowest BCUT2D eigenvalue weighted by molar-refractivity contribution is -0.122. The molecule has 0 spiro atoms. The summed E-state index contributed by atoms with van der Waals surface area (Å²) < 4.78 is 34.4. The molecule has 1 fully saturated rings. The summed E-state index contributed by atoms with van der Waals surface area (Å²) in [5, 5.41) is 4.14. The molecule has 32 heavy (non-hydrogen) atoms. The van der Waals surface area contributed by atoms with Crippen LogP contribution in [0.2, 0.25) is 0 Å². The van der Waals surface area contributed by atoms with E-state index < -0.39 is 17.7 Å². The Hall–Kier alpha value is -3.20. The van der Waals surface area contributed by atoms with Gasteiger partial charge in [-0.15, -0.1) is 0 Å². The van der Waals surface area contributed by atoms with Crippen LogP contribution in [-0.2, 0) is 4.79 Å². The van der Waals surface area contributed by atoms with Gasteiger partial charge in [0.05, 0.1) is 11.2 Å². The standard InChI is InChI=1S/C23H25F2N5O2/c1-13-22(31)27-26-21-10-32-20-8-16(15-6-5-14(24)7-17(15)25)18(9-19(20)30(13)21)29(4)23(2)11-28(3)12-23/h5-9,13H,10-12H2,1-4H3,(H,27,31)/t13-/m1/s1. The van der Waals surface area contributed by atoms with E-state index in [1.54, 1.807) is 13.0 Å². The molecule has 1 amide bonds. The van der Waals surface area contributed by atoms with Crippen LogP contribution in [0.15, 0.2) is 35.4 Å². The van der Waals surface area contributed by atoms with E-state index in [-0.39, 0.29) is 18.1 Å². The van der Waals surface area contributed by atoms with Gasteiger partial charge in [-0.1, -0.05) is 0 Å². The topological polar surface area (TPSA) is 60.4 Å². The van der Waals surface area contributed by atoms with Gasteiger partial charge in [-0.3, -0.25) is 4.79 Å². The molecule has 3 heterocycles. The summed E-state index contributed by atoms with van der Waals surface area (Å²) in [4.78, 5) is 18.5. The number of hydrazone groups is 1. The van der Waals surface area contributed by atoms with Crippen LogP contribution in [0.4, 0.5) is 20.2 Å². The molecule has 9 heteroatoms. The molecule has 0 aliphatic carbocycles. The van der Waals surface area contributed by atoms with Crippen molar-refractivity contribution in [1.82, 2.24) is 10.3 Å². The first-order chi connectivity index (χ1) is 15.2. The minimum absolute atomic E-state index is 0.161. The van der Waals surface area contributed by atoms with Crippen molar-refractivity contribution < 1.29 is 18.3 Å². The van der Waals surface area contributed by atoms with Crippen LogP contribution in [-0.4, -0.2) is 62.0 Å². The third-order valence-electron chi connectivity index (χ3n) is 6.65. The number of carbonyl (C=O) groups is 1. The van der Waals surface area contributed by atoms with Gasteiger partial charge in [-0.25, -0.2) is 14.2 Å². The van der Waals surface area contributed by atoms with E-state index in [1.165, 1.54) is 12.1 Å². The fraction of sp³-hybridized carbons (Fsp3) is 0.391. The van der Waals surface area contributed by atoms with Crippen molar-refractivity contribution in [2.45, 2.75) is 25.4 Å². The summed E-state index contributed by atoms with van der Waals surface area (Å²) in [6.07, 6.45) is 0. The Morgan fingerprint density at radius 2 is 1.97 bits per heavy atom. The molecule has 3 aliphatic heterocycles. The van der Waals surface area contributed by atoms with Crippen molar-refractivity contribution in [3.05, 3.63) is 42.0 Å². The molecule has 0 aromatic heterocycles. The Morgan fingerprint density at radius 3 is 2.66 bits per heavy atom. The van der Waals surface area contributed by atoms with Crippen molar-refractivity contribution >= 4 is 23.1 Å². The van der Waals surface area contributed by atoms with E-state index in [1.807, 2.05) is 25.1 Å². The Morgan fingerprint density at radius 1 is 1.22 bits per heavy atom. The van der Waals surface area contributed by atoms with Gasteiger partial charge >= 0.3 is 0 Å². The number of ether oxygens (including phenoxy) is 1. The lowest BCUT2D eigenvalue weighted by atomic mass is 9.89. The average Bonchev–Trinajstić information content (AvgIpc) is 2.73. The number of halogens is 2. The maximum absolute atomic E-state index is 14.9. The van der Waals surface area contributed by atoms with Crippen LogP contribution in [0.5, 0.6) is 5.75 Å². The molecule has 1 N–H and O–H groups in total. The first-order valence-electron chi connectivity index (χ1n) is 10.5. The number of nitrogens with zero attached hydrogens (tertiary/aromatic N) is 4. The third-order valence-corrected chi connectivity index (χ3v) is 6.65. The average molecular weight is 441 g/mol. The molecule has 3 aliphatic rings. The molecule has 0 saturated carbocycles. The summed E-state index contributed by atoms with van der Waals surface area (Å²) in [6, 6.07) is 6.82. The van der Waals surface area contributed by atoms with Crippen molar-refractivity contribution in [3.8, 4) is 16.9 Å². The number of nitrogens with one attached hydrogen (secondary N) is 1. The Kier molecular flexibility index (Phi) is 4.63. The maximum Gasteiger partial charge on any atom is 0.262 e. The van der Waals surface area contributed by atoms with Crippen LogP contribution >= 0.6 is 0 Å². The number of likely N-dealkylation sites (tertiary alicyclic amines) is 1. The van der Waals surface area contributed by atoms with E-state index in [0.717, 1.165) is 24.8 Å². The minimum Gasteiger partial charge on any atom is -0.483 e. The molecule has 5 rings (SSSR count). The van der Waals surface area contributed by atoms with Gasteiger partial charge in [0.25, 0.3) is 5.91 Å². The second-order valence-electron chi connectivity index (χ2n) is 9.03. The molecule has 0 radical (unpaired) electrons. The van der Waals surface area contributed by atoms with Gasteiger partial charge in [0, 0.05) is 43.0 Å². The first kappa shape index (κ1) is 20.7. The Bertz CT molecular complexity index is 1150. The number of amidine groups is 1. The van der Waals surface area contributed by atoms with Gasteiger partial charge in [-0.2, -0.15) is 5.10 Å². The summed E-state index contributed by atoms with van der Waals surface area (Å²) >= 11 is 0. The number of likely N-dealkylation sites (N-methyl/N-ethyl adjacent to an activating group) is 2. The normalized spacial score (nSPS) is 21.6. The van der Waals surface area contributed by atoms with E-state index in [2.05, 4.69) is 27.3 Å². The summed E-state index contributed by atoms with van der Waals surface area (Å²) in [5.74, 6) is -0.347. The highest BCUT2D eigenvalue weighted by Crippen LogP contribution is 2.46. The Labute approximate surface area is 185 Å². The van der Waals surface area contributed by atoms with Gasteiger partial charge in [0.15, 0.2) is 5.84 Å². The second kappa shape index (κ2) is 7.16. The maximum atomic E-state index is 14.9. The lowest BCUT2D eigenvalue weighted by Crippen LogP contribution is -2.66. The zero-order valence-corrected chi connectivity index (χ0v) is 18.4. The fourth-order valence-corrected chi connectivity index (χ4v) is 4.88. The van der Waals surface area contributed by atoms with Gasteiger partial charge in [-0.05, 0) is 45.2 Å². The van der Waals surface area contributed by atoms with Crippen molar-refractivity contribution in [3.63, 3.8) is 0 Å². The van der Waals surface area contributed by atoms with Gasteiger partial charge in [0.1, 0.15) is 30.0 Å². The number of anilines is 2. The lowest BCUT2D eigenvalue weighted by Gasteiger charge is -2.53. The van der Waals surface area contributed by atoms with Crippen LogP contribution in [0, 0.1) is 11.6 Å². The highest BCUT2D eigenvalue weighted by Gasteiger charge is 2.42. The highest BCUT2D eigenvalue weighted by atomic mass is 19.1. The third kappa shape index (κ3) is 3.10. The van der Waals surface area contributed by atoms with E-state index in [4.69, 9.17) is 4.74 Å². The van der Waals surface area contributed by atoms with E-state index >= 15 is 0 Å². The quantitative estimate of drug-likeness (QED) is 0.794. The number of hydrogen-bond acceptors (Lipinski definition) is 6. The predicted molar refractivity (Wildman–Crippen MR) is 119 cm³/mol. The van der Waals surface area contributed by atoms with Gasteiger partial charge in [0.2, 0.25) is 0 Å². The molecule has 1 saturated heterocycles. The number of hydrogen-bond donors (Lipinski definition) is 1. The van der Waals surface area contributed by atoms with E-state index in [9.17, 15) is 13.6 Å². The largest absolute Gasteiger partial charge is 0.483 e. The molecule has 2 aromatic rings. The van der Waals surface area contributed by atoms with Crippen molar-refractivity contribution in [2.24, 2.45) is 5.10 Å². The van der Waals surface area contributed by atoms with Crippen molar-refractivity contribution in [2.75, 3.05) is 43.6 Å². The van der Waals surface area contributed by atoms with E-state index in [0.29, 0.717) is 28.4 Å². The molecule has 1 atom stereocenters. The van der Waals surface area contributed by atoms with Crippen LogP contribution in [0.1, 0.15) is 13.8 Å². The molecule has 0 bridgehead atoms. The van der Waals surface area contributed by atoms with Crippen LogP contribution in [0.25, 0.3) is 11.1 Å². The van der Waals surface area contributed by atoms with Gasteiger partial charge < -0.3 is 19.4 Å². The number of amides is 1. The summed E-state index contributed by atoms with van der Waals surface area (Å²) in [5.41, 5.74) is 4.73. The smallest absolute Gasteiger partial charge is 0.262 e. The monoisotopic (exact) mass is 441 g/mol. The molecule has 0 unspecified atom stereocenters. The molecular weight excluding hydrogens is 416 g/mol. The zero-order chi connectivity index (χ0) is 22.8. The number of benzene rings is 2. The second-order valence-corrected chi connectivity index (χ2v) is 9.03. The predicted octanol–water partition coefficient (Wildman–Crippen LogP) is 2.80. The minimum atomic E-state index is -0.640. The number of fused-ring (bicyclic) bond motifs is 3. The SMILES string of the molecule is C[C@@H]1C(=O)NN=C2COc3cc(-c4ccc(F)cc4F)c(N(C)C4(C)CN(C)C4)cc3N21. The molecular formula is C23H25F2N5O2. The molecule has 168 valence electrons. The van der Waals surface area contributed by atoms with Crippen molar-refractivity contribution in [1.29, 1.82) is 0 Å². The fourth-order valence-electron chi connectivity index (χ4n) is 4.88. The van der Waals surface area contributed by atoms with Crippen LogP contribution < -0.4 is 20.0 Å². The number of rotatable bonds is 3. The summed E-state index contributed by atoms with van der Waals surface area (Å²) in [6.45, 7) is 5.83. The number of carbonyl (C=O) groups excluding carboxylic acids is 1. The highest BCUT2D eigenvalue weighted by molar-refractivity contribution is 6.10. The molecule has 7 nitrogen and oxygen atoms in total. The Balaban J connectivity index is 1.70. The van der Waals surface area contributed by atoms with Crippen LogP contribution in [0.3, 0.4) is 0 Å². The summed E-state index contributed by atoms with van der Waals surface area (Å²) in [7, 11) is 4.03. The zero-order valence-electron chi connectivity index (χ0n) is 18.4.